The lowest BCUT2D eigenvalue weighted by atomic mass is 10.2. The van der Waals surface area contributed by atoms with Gasteiger partial charge in [-0.2, -0.15) is 0 Å². The number of nitrogens with one attached hydrogen (secondary N) is 1. The van der Waals surface area contributed by atoms with Crippen molar-refractivity contribution in [2.24, 2.45) is 0 Å². The second-order valence-electron chi connectivity index (χ2n) is 4.22. The first-order chi connectivity index (χ1) is 9.13. The minimum atomic E-state index is 0.686. The van der Waals surface area contributed by atoms with Crippen molar-refractivity contribution in [3.63, 3.8) is 0 Å². The Morgan fingerprint density at radius 2 is 1.95 bits per heavy atom. The average Bonchev–Trinajstić information content (AvgIpc) is 2.77. The molecule has 2 aromatic carbocycles. The molecule has 1 heterocycles. The summed E-state index contributed by atoms with van der Waals surface area (Å²) in [4.78, 5) is 4.50. The van der Waals surface area contributed by atoms with E-state index in [0.717, 1.165) is 31.6 Å². The van der Waals surface area contributed by atoms with E-state index >= 15 is 0 Å². The lowest BCUT2D eigenvalue weighted by Gasteiger charge is -2.05. The highest BCUT2D eigenvalue weighted by Crippen LogP contribution is 2.34. The molecule has 3 aromatic rings. The molecule has 0 aliphatic carbocycles. The third-order valence-corrected chi connectivity index (χ3v) is 4.49. The second-order valence-corrected chi connectivity index (χ2v) is 6.03. The highest BCUT2D eigenvalue weighted by Gasteiger charge is 2.08. The Morgan fingerprint density at radius 1 is 1.11 bits per heavy atom. The first kappa shape index (κ1) is 12.7. The number of benzene rings is 2. The van der Waals surface area contributed by atoms with Crippen LogP contribution in [-0.2, 0) is 0 Å². The number of anilines is 2. The number of aromatic nitrogens is 1. The van der Waals surface area contributed by atoms with Gasteiger partial charge in [-0.25, -0.2) is 4.98 Å². The van der Waals surface area contributed by atoms with E-state index in [-0.39, 0.29) is 0 Å². The zero-order valence-corrected chi connectivity index (χ0v) is 12.4. The maximum atomic E-state index is 6.20. The smallest absolute Gasteiger partial charge is 0.188 e. The topological polar surface area (TPSA) is 24.9 Å². The van der Waals surface area contributed by atoms with Gasteiger partial charge in [-0.3, -0.25) is 0 Å². The molecule has 0 amide bonds. The van der Waals surface area contributed by atoms with Crippen LogP contribution < -0.4 is 5.32 Å². The van der Waals surface area contributed by atoms with Gasteiger partial charge in [-0.1, -0.05) is 46.7 Å². The molecular weight excluding hydrogens is 299 g/mol. The summed E-state index contributed by atoms with van der Waals surface area (Å²) >= 11 is 13.9. The SMILES string of the molecule is Cc1ccc(Nc2nc3cccc(Cl)c3s2)c(Cl)c1. The standard InChI is InChI=1S/C14H10Cl2N2S/c1-8-5-6-11(10(16)7-8)17-14-18-12-4-2-3-9(15)13(12)19-14/h2-7H,1H3,(H,17,18). The van der Waals surface area contributed by atoms with Gasteiger partial charge in [0.15, 0.2) is 5.13 Å². The van der Waals surface area contributed by atoms with E-state index < -0.39 is 0 Å². The molecule has 0 atom stereocenters. The molecule has 0 fully saturated rings. The number of fused-ring (bicyclic) bond motifs is 1. The van der Waals surface area contributed by atoms with Crippen LogP contribution in [0.2, 0.25) is 10.0 Å². The quantitative estimate of drug-likeness (QED) is 0.661. The summed E-state index contributed by atoms with van der Waals surface area (Å²) < 4.78 is 0.981. The van der Waals surface area contributed by atoms with Crippen LogP contribution in [0.4, 0.5) is 10.8 Å². The Kier molecular flexibility index (Phi) is 3.35. The summed E-state index contributed by atoms with van der Waals surface area (Å²) in [5.41, 5.74) is 2.87. The van der Waals surface area contributed by atoms with Gasteiger partial charge in [0.2, 0.25) is 0 Å². The minimum absolute atomic E-state index is 0.686. The summed E-state index contributed by atoms with van der Waals surface area (Å²) in [6, 6.07) is 11.6. The third-order valence-electron chi connectivity index (χ3n) is 2.73. The number of halogens is 2. The van der Waals surface area contributed by atoms with Crippen molar-refractivity contribution in [3.05, 3.63) is 52.0 Å². The van der Waals surface area contributed by atoms with E-state index in [1.54, 1.807) is 0 Å². The molecule has 0 saturated carbocycles. The highest BCUT2D eigenvalue weighted by molar-refractivity contribution is 7.22. The summed E-state index contributed by atoms with van der Waals surface area (Å²) in [6.45, 7) is 2.01. The molecule has 0 saturated heterocycles. The van der Waals surface area contributed by atoms with Crippen LogP contribution in [0.15, 0.2) is 36.4 Å². The van der Waals surface area contributed by atoms with Gasteiger partial charge in [0.1, 0.15) is 0 Å². The number of hydrogen-bond donors (Lipinski definition) is 1. The Hall–Kier alpha value is -1.29. The van der Waals surface area contributed by atoms with Crippen LogP contribution in [-0.4, -0.2) is 4.98 Å². The Morgan fingerprint density at radius 3 is 2.68 bits per heavy atom. The lowest BCUT2D eigenvalue weighted by molar-refractivity contribution is 1.42. The number of hydrogen-bond acceptors (Lipinski definition) is 3. The van der Waals surface area contributed by atoms with E-state index in [4.69, 9.17) is 23.2 Å². The van der Waals surface area contributed by atoms with E-state index in [9.17, 15) is 0 Å². The van der Waals surface area contributed by atoms with Crippen LogP contribution in [0.1, 0.15) is 5.56 Å². The highest BCUT2D eigenvalue weighted by atomic mass is 35.5. The summed E-state index contributed by atoms with van der Waals surface area (Å²) in [5.74, 6) is 0. The number of aryl methyl sites for hydroxylation is 1. The lowest BCUT2D eigenvalue weighted by Crippen LogP contribution is -1.90. The normalized spacial score (nSPS) is 10.9. The van der Waals surface area contributed by atoms with Gasteiger partial charge >= 0.3 is 0 Å². The Balaban J connectivity index is 1.99. The molecule has 0 aliphatic heterocycles. The van der Waals surface area contributed by atoms with Crippen molar-refractivity contribution in [1.82, 2.24) is 4.98 Å². The van der Waals surface area contributed by atoms with E-state index in [0.29, 0.717) is 5.02 Å². The molecule has 5 heteroatoms. The second kappa shape index (κ2) is 5.00. The number of nitrogens with zero attached hydrogens (tertiary/aromatic N) is 1. The molecule has 0 spiro atoms. The molecule has 1 N–H and O–H groups in total. The molecule has 19 heavy (non-hydrogen) atoms. The Labute approximate surface area is 125 Å². The summed E-state index contributed by atoms with van der Waals surface area (Å²) in [7, 11) is 0. The first-order valence-corrected chi connectivity index (χ1v) is 7.29. The van der Waals surface area contributed by atoms with Gasteiger partial charge in [-0.05, 0) is 36.8 Å². The van der Waals surface area contributed by atoms with E-state index in [1.807, 2.05) is 43.3 Å². The van der Waals surface area contributed by atoms with Crippen LogP contribution in [0.5, 0.6) is 0 Å². The fourth-order valence-corrected chi connectivity index (χ4v) is 3.26. The predicted molar refractivity (Wildman–Crippen MR) is 84.1 cm³/mol. The molecule has 0 bridgehead atoms. The third kappa shape index (κ3) is 2.54. The van der Waals surface area contributed by atoms with Gasteiger partial charge in [-0.15, -0.1) is 0 Å². The predicted octanol–water partition coefficient (Wildman–Crippen LogP) is 5.66. The first-order valence-electron chi connectivity index (χ1n) is 5.72. The van der Waals surface area contributed by atoms with Crippen LogP contribution >= 0.6 is 34.5 Å². The summed E-state index contributed by atoms with van der Waals surface area (Å²) in [5, 5.41) is 5.42. The molecule has 0 aliphatic rings. The van der Waals surface area contributed by atoms with E-state index in [2.05, 4.69) is 10.3 Å². The largest absolute Gasteiger partial charge is 0.330 e. The van der Waals surface area contributed by atoms with Gasteiger partial charge in [0.05, 0.1) is 25.9 Å². The fourth-order valence-electron chi connectivity index (χ4n) is 1.81. The van der Waals surface area contributed by atoms with E-state index in [1.165, 1.54) is 11.3 Å². The fraction of sp³-hybridized carbons (Fsp3) is 0.0714. The molecule has 3 rings (SSSR count). The maximum absolute atomic E-state index is 6.20. The molecule has 0 radical (unpaired) electrons. The number of thiazole rings is 1. The van der Waals surface area contributed by atoms with Crippen LogP contribution in [0.25, 0.3) is 10.2 Å². The van der Waals surface area contributed by atoms with Crippen LogP contribution in [0, 0.1) is 6.92 Å². The zero-order chi connectivity index (χ0) is 13.4. The monoisotopic (exact) mass is 308 g/mol. The summed E-state index contributed by atoms with van der Waals surface area (Å²) in [6.07, 6.45) is 0. The number of rotatable bonds is 2. The van der Waals surface area contributed by atoms with Crippen molar-refractivity contribution in [3.8, 4) is 0 Å². The molecule has 1 aromatic heterocycles. The minimum Gasteiger partial charge on any atom is -0.330 e. The molecular formula is C14H10Cl2N2S. The zero-order valence-electron chi connectivity index (χ0n) is 10.1. The molecule has 0 unspecified atom stereocenters. The average molecular weight is 309 g/mol. The van der Waals surface area contributed by atoms with Gasteiger partial charge in [0.25, 0.3) is 0 Å². The van der Waals surface area contributed by atoms with Crippen molar-refractivity contribution in [2.75, 3.05) is 5.32 Å². The van der Waals surface area contributed by atoms with Gasteiger partial charge in [0, 0.05) is 0 Å². The molecule has 2 nitrogen and oxygen atoms in total. The van der Waals surface area contributed by atoms with Crippen LogP contribution in [0.3, 0.4) is 0 Å². The van der Waals surface area contributed by atoms with Crippen molar-refractivity contribution in [1.29, 1.82) is 0 Å². The van der Waals surface area contributed by atoms with Crippen molar-refractivity contribution < 1.29 is 0 Å². The van der Waals surface area contributed by atoms with Crippen molar-refractivity contribution in [2.45, 2.75) is 6.92 Å². The Bertz CT molecular complexity index is 752. The molecule has 96 valence electrons. The van der Waals surface area contributed by atoms with Crippen molar-refractivity contribution >= 4 is 55.6 Å². The maximum Gasteiger partial charge on any atom is 0.188 e. The van der Waals surface area contributed by atoms with Gasteiger partial charge < -0.3 is 5.32 Å².